The molecule has 6 heteroatoms. The molecule has 2 aromatic heterocycles. The fourth-order valence-corrected chi connectivity index (χ4v) is 3.68. The first-order valence-electron chi connectivity index (χ1n) is 8.57. The predicted octanol–water partition coefficient (Wildman–Crippen LogP) is 4.71. The summed E-state index contributed by atoms with van der Waals surface area (Å²) in [6, 6.07) is 17.7. The molecule has 0 fully saturated rings. The third-order valence-corrected chi connectivity index (χ3v) is 5.26. The number of furan rings is 1. The summed E-state index contributed by atoms with van der Waals surface area (Å²) < 4.78 is 11.1. The van der Waals surface area contributed by atoms with E-state index in [1.165, 1.54) is 16.7 Å². The fraction of sp³-hybridized carbons (Fsp3) is 0.143. The lowest BCUT2D eigenvalue weighted by atomic mass is 10.1. The molecule has 4 rings (SSSR count). The summed E-state index contributed by atoms with van der Waals surface area (Å²) in [5, 5.41) is 5.91. The van der Waals surface area contributed by atoms with Gasteiger partial charge in [0, 0.05) is 0 Å². The molecule has 1 amide bonds. The number of carbonyl (C=O) groups excluding carboxylic acids is 1. The van der Waals surface area contributed by atoms with Crippen LogP contribution in [0.2, 0.25) is 0 Å². The molecule has 0 saturated heterocycles. The maximum atomic E-state index is 12.4. The SMILES string of the molecule is Cc1nc(COc2ccc3ccccc3c2)sc1C(=O)NCc1ccco1. The van der Waals surface area contributed by atoms with E-state index in [9.17, 15) is 4.79 Å². The van der Waals surface area contributed by atoms with Gasteiger partial charge in [0.2, 0.25) is 0 Å². The third-order valence-electron chi connectivity index (χ3n) is 4.13. The largest absolute Gasteiger partial charge is 0.486 e. The number of nitrogens with zero attached hydrogens (tertiary/aromatic N) is 1. The van der Waals surface area contributed by atoms with Crippen molar-refractivity contribution in [1.29, 1.82) is 0 Å². The van der Waals surface area contributed by atoms with E-state index in [1.807, 2.05) is 43.3 Å². The highest BCUT2D eigenvalue weighted by Gasteiger charge is 2.16. The summed E-state index contributed by atoms with van der Waals surface area (Å²) >= 11 is 1.35. The molecule has 2 heterocycles. The maximum absolute atomic E-state index is 12.4. The summed E-state index contributed by atoms with van der Waals surface area (Å²) in [6.45, 7) is 2.51. The van der Waals surface area contributed by atoms with E-state index < -0.39 is 0 Å². The fourth-order valence-electron chi connectivity index (χ4n) is 2.79. The van der Waals surface area contributed by atoms with Gasteiger partial charge in [0.15, 0.2) is 0 Å². The van der Waals surface area contributed by atoms with Crippen LogP contribution in [-0.2, 0) is 13.2 Å². The summed E-state index contributed by atoms with van der Waals surface area (Å²) in [5.74, 6) is 1.34. The van der Waals surface area contributed by atoms with E-state index >= 15 is 0 Å². The molecule has 0 unspecified atom stereocenters. The molecular formula is C21H18N2O3S. The summed E-state index contributed by atoms with van der Waals surface area (Å²) in [5.41, 5.74) is 0.703. The molecule has 0 atom stereocenters. The Morgan fingerprint density at radius 3 is 2.81 bits per heavy atom. The van der Waals surface area contributed by atoms with E-state index in [4.69, 9.17) is 9.15 Å². The number of amides is 1. The second-order valence-electron chi connectivity index (χ2n) is 6.08. The number of hydrogen-bond donors (Lipinski definition) is 1. The number of nitrogens with one attached hydrogen (secondary N) is 1. The van der Waals surface area contributed by atoms with Crippen molar-refractivity contribution in [2.75, 3.05) is 0 Å². The lowest BCUT2D eigenvalue weighted by Gasteiger charge is -2.05. The predicted molar refractivity (Wildman–Crippen MR) is 105 cm³/mol. The number of rotatable bonds is 6. The van der Waals surface area contributed by atoms with Crippen LogP contribution in [0, 0.1) is 6.92 Å². The van der Waals surface area contributed by atoms with Gasteiger partial charge in [-0.25, -0.2) is 4.98 Å². The summed E-state index contributed by atoms with van der Waals surface area (Å²) in [6.07, 6.45) is 1.58. The number of carbonyl (C=O) groups is 1. The number of aromatic nitrogens is 1. The Bertz CT molecular complexity index is 1070. The molecule has 0 aliphatic carbocycles. The van der Waals surface area contributed by atoms with Crippen molar-refractivity contribution in [3.05, 3.63) is 82.2 Å². The Labute approximate surface area is 160 Å². The first-order valence-corrected chi connectivity index (χ1v) is 9.39. The highest BCUT2D eigenvalue weighted by atomic mass is 32.1. The summed E-state index contributed by atoms with van der Waals surface area (Å²) in [7, 11) is 0. The maximum Gasteiger partial charge on any atom is 0.263 e. The Morgan fingerprint density at radius 1 is 1.15 bits per heavy atom. The molecule has 0 aliphatic heterocycles. The van der Waals surface area contributed by atoms with Crippen molar-refractivity contribution < 1.29 is 13.9 Å². The molecule has 2 aromatic carbocycles. The molecule has 0 spiro atoms. The minimum atomic E-state index is -0.154. The quantitative estimate of drug-likeness (QED) is 0.528. The zero-order chi connectivity index (χ0) is 18.6. The molecule has 4 aromatic rings. The standard InChI is InChI=1S/C21H18N2O3S/c1-14-20(21(24)22-12-18-7-4-10-25-18)27-19(23-14)13-26-17-9-8-15-5-2-3-6-16(15)11-17/h2-11H,12-13H2,1H3,(H,22,24). The van der Waals surface area contributed by atoms with Crippen molar-refractivity contribution in [3.8, 4) is 5.75 Å². The van der Waals surface area contributed by atoms with Gasteiger partial charge in [0.05, 0.1) is 18.5 Å². The van der Waals surface area contributed by atoms with Gasteiger partial charge in [-0.1, -0.05) is 30.3 Å². The van der Waals surface area contributed by atoms with E-state index in [1.54, 1.807) is 12.3 Å². The summed E-state index contributed by atoms with van der Waals surface area (Å²) in [4.78, 5) is 17.4. The minimum Gasteiger partial charge on any atom is -0.486 e. The Morgan fingerprint density at radius 2 is 2.00 bits per heavy atom. The molecule has 0 saturated carbocycles. The lowest BCUT2D eigenvalue weighted by molar-refractivity contribution is 0.0951. The minimum absolute atomic E-state index is 0.154. The molecule has 136 valence electrons. The molecule has 5 nitrogen and oxygen atoms in total. The second kappa shape index (κ2) is 7.63. The molecule has 0 bridgehead atoms. The van der Waals surface area contributed by atoms with E-state index in [0.717, 1.165) is 16.1 Å². The van der Waals surface area contributed by atoms with E-state index in [0.29, 0.717) is 29.5 Å². The first kappa shape index (κ1) is 17.3. The van der Waals surface area contributed by atoms with Crippen LogP contribution in [-0.4, -0.2) is 10.9 Å². The Balaban J connectivity index is 1.40. The molecular weight excluding hydrogens is 360 g/mol. The molecule has 0 radical (unpaired) electrons. The lowest BCUT2D eigenvalue weighted by Crippen LogP contribution is -2.22. The number of thiazole rings is 1. The number of hydrogen-bond acceptors (Lipinski definition) is 5. The zero-order valence-corrected chi connectivity index (χ0v) is 15.6. The van der Waals surface area contributed by atoms with Crippen molar-refractivity contribution >= 4 is 28.0 Å². The van der Waals surface area contributed by atoms with Gasteiger partial charge in [-0.2, -0.15) is 0 Å². The van der Waals surface area contributed by atoms with Crippen molar-refractivity contribution in [2.24, 2.45) is 0 Å². The van der Waals surface area contributed by atoms with Gasteiger partial charge in [0.1, 0.15) is 28.0 Å². The van der Waals surface area contributed by atoms with Crippen molar-refractivity contribution in [3.63, 3.8) is 0 Å². The van der Waals surface area contributed by atoms with Crippen LogP contribution < -0.4 is 10.1 Å². The van der Waals surface area contributed by atoms with Crippen LogP contribution in [0.5, 0.6) is 5.75 Å². The zero-order valence-electron chi connectivity index (χ0n) is 14.8. The molecule has 1 N–H and O–H groups in total. The van der Waals surface area contributed by atoms with Gasteiger partial charge in [-0.3, -0.25) is 4.79 Å². The van der Waals surface area contributed by atoms with E-state index in [2.05, 4.69) is 22.4 Å². The monoisotopic (exact) mass is 378 g/mol. The van der Waals surface area contributed by atoms with Crippen LogP contribution in [0.4, 0.5) is 0 Å². The highest BCUT2D eigenvalue weighted by Crippen LogP contribution is 2.23. The van der Waals surface area contributed by atoms with Gasteiger partial charge < -0.3 is 14.5 Å². The second-order valence-corrected chi connectivity index (χ2v) is 7.17. The van der Waals surface area contributed by atoms with Gasteiger partial charge >= 0.3 is 0 Å². The van der Waals surface area contributed by atoms with E-state index in [-0.39, 0.29) is 5.91 Å². The van der Waals surface area contributed by atoms with Crippen molar-refractivity contribution in [2.45, 2.75) is 20.1 Å². The van der Waals surface area contributed by atoms with Crippen LogP contribution in [0.15, 0.2) is 65.3 Å². The van der Waals surface area contributed by atoms with Crippen LogP contribution in [0.1, 0.15) is 26.1 Å². The average Bonchev–Trinajstić information content (AvgIpc) is 3.34. The highest BCUT2D eigenvalue weighted by molar-refractivity contribution is 7.13. The van der Waals surface area contributed by atoms with Crippen LogP contribution in [0.3, 0.4) is 0 Å². The van der Waals surface area contributed by atoms with Gasteiger partial charge in [-0.05, 0) is 42.0 Å². The Hall–Kier alpha value is -3.12. The topological polar surface area (TPSA) is 64.4 Å². The number of ether oxygens (including phenoxy) is 1. The van der Waals surface area contributed by atoms with Crippen LogP contribution >= 0.6 is 11.3 Å². The van der Waals surface area contributed by atoms with Gasteiger partial charge in [-0.15, -0.1) is 11.3 Å². The smallest absolute Gasteiger partial charge is 0.263 e. The number of fused-ring (bicyclic) bond motifs is 1. The number of aryl methyl sites for hydroxylation is 1. The first-order chi connectivity index (χ1) is 13.2. The number of benzene rings is 2. The normalized spacial score (nSPS) is 10.9. The van der Waals surface area contributed by atoms with Gasteiger partial charge in [0.25, 0.3) is 5.91 Å². The van der Waals surface area contributed by atoms with Crippen molar-refractivity contribution in [1.82, 2.24) is 10.3 Å². The molecule has 27 heavy (non-hydrogen) atoms. The Kier molecular flexibility index (Phi) is 4.89. The van der Waals surface area contributed by atoms with Crippen LogP contribution in [0.25, 0.3) is 10.8 Å². The average molecular weight is 378 g/mol. The third kappa shape index (κ3) is 4.01. The molecule has 0 aliphatic rings.